The smallest absolute Gasteiger partial charge is 0.249 e. The molecule has 0 aromatic rings. The van der Waals surface area contributed by atoms with E-state index in [4.69, 9.17) is 0 Å². The maximum absolute atomic E-state index is 12.3. The Morgan fingerprint density at radius 1 is 0.615 bits per heavy atom. The van der Waals surface area contributed by atoms with Crippen molar-refractivity contribution in [3.8, 4) is 0 Å². The molecule has 39 heavy (non-hydrogen) atoms. The molecule has 0 aromatic carbocycles. The van der Waals surface area contributed by atoms with Gasteiger partial charge in [-0.15, -0.1) is 0 Å². The Balaban J connectivity index is 3.76. The molecule has 5 heteroatoms. The predicted octanol–water partition coefficient (Wildman–Crippen LogP) is 8.53. The number of aliphatic hydroxyl groups is 3. The van der Waals surface area contributed by atoms with Gasteiger partial charge in [-0.05, 0) is 19.3 Å². The number of nitrogens with one attached hydrogen (secondary N) is 1. The second-order valence-corrected chi connectivity index (χ2v) is 11.7. The van der Waals surface area contributed by atoms with E-state index < -0.39 is 24.2 Å². The summed E-state index contributed by atoms with van der Waals surface area (Å²) < 4.78 is 0. The van der Waals surface area contributed by atoms with E-state index in [2.05, 4.69) is 19.2 Å². The van der Waals surface area contributed by atoms with Gasteiger partial charge in [-0.25, -0.2) is 0 Å². The van der Waals surface area contributed by atoms with Gasteiger partial charge in [-0.2, -0.15) is 0 Å². The molecule has 3 unspecified atom stereocenters. The van der Waals surface area contributed by atoms with Crippen LogP contribution in [0.15, 0.2) is 12.2 Å². The van der Waals surface area contributed by atoms with Crippen LogP contribution in [-0.4, -0.2) is 46.1 Å². The molecule has 0 saturated heterocycles. The average molecular weight is 554 g/mol. The van der Waals surface area contributed by atoms with E-state index in [1.165, 1.54) is 122 Å². The van der Waals surface area contributed by atoms with Crippen LogP contribution in [0.25, 0.3) is 0 Å². The summed E-state index contributed by atoms with van der Waals surface area (Å²) >= 11 is 0. The van der Waals surface area contributed by atoms with Crippen molar-refractivity contribution < 1.29 is 20.1 Å². The quantitative estimate of drug-likeness (QED) is 0.0530. The highest BCUT2D eigenvalue weighted by Gasteiger charge is 2.22. The Labute approximate surface area is 242 Å². The van der Waals surface area contributed by atoms with E-state index in [1.54, 1.807) is 6.08 Å². The summed E-state index contributed by atoms with van der Waals surface area (Å²) in [7, 11) is 0. The number of carbonyl (C=O) groups is 1. The van der Waals surface area contributed by atoms with Crippen LogP contribution in [0.5, 0.6) is 0 Å². The van der Waals surface area contributed by atoms with Crippen molar-refractivity contribution in [1.82, 2.24) is 5.32 Å². The molecule has 5 nitrogen and oxygen atoms in total. The van der Waals surface area contributed by atoms with Gasteiger partial charge >= 0.3 is 0 Å². The lowest BCUT2D eigenvalue weighted by molar-refractivity contribution is -0.131. The van der Waals surface area contributed by atoms with Gasteiger partial charge in [0.05, 0.1) is 18.8 Å². The van der Waals surface area contributed by atoms with E-state index in [0.717, 1.165) is 32.1 Å². The molecular weight excluding hydrogens is 486 g/mol. The van der Waals surface area contributed by atoms with Gasteiger partial charge in [0.2, 0.25) is 5.91 Å². The first-order valence-corrected chi connectivity index (χ1v) is 17.0. The summed E-state index contributed by atoms with van der Waals surface area (Å²) in [6.45, 7) is 4.14. The minimum atomic E-state index is -1.09. The molecule has 4 N–H and O–H groups in total. The standard InChI is InChI=1S/C34H67NO4/c1-3-5-7-9-11-13-15-16-17-19-21-23-25-27-29-33(38)34(39)35-31(30-36)32(37)28-26-24-22-20-18-14-12-10-8-6-4-2/h26,28,31-33,36-38H,3-25,27,29-30H2,1-2H3,(H,35,39)/b28-26+. The average Bonchev–Trinajstić information content (AvgIpc) is 2.94. The molecule has 232 valence electrons. The second-order valence-electron chi connectivity index (χ2n) is 11.7. The number of rotatable bonds is 30. The monoisotopic (exact) mass is 554 g/mol. The topological polar surface area (TPSA) is 89.8 Å². The Morgan fingerprint density at radius 2 is 1.00 bits per heavy atom. The number of hydrogen-bond acceptors (Lipinski definition) is 4. The lowest BCUT2D eigenvalue weighted by Crippen LogP contribution is -2.48. The van der Waals surface area contributed by atoms with Gasteiger partial charge in [-0.3, -0.25) is 4.79 Å². The molecule has 0 fully saturated rings. The molecule has 0 aromatic heterocycles. The van der Waals surface area contributed by atoms with Gasteiger partial charge in [-0.1, -0.05) is 167 Å². The lowest BCUT2D eigenvalue weighted by Gasteiger charge is -2.21. The van der Waals surface area contributed by atoms with Crippen LogP contribution in [0.1, 0.15) is 174 Å². The molecule has 0 aliphatic carbocycles. The van der Waals surface area contributed by atoms with Crippen molar-refractivity contribution in [3.05, 3.63) is 12.2 Å². The van der Waals surface area contributed by atoms with Gasteiger partial charge < -0.3 is 20.6 Å². The third-order valence-electron chi connectivity index (χ3n) is 7.88. The Hall–Kier alpha value is -0.910. The Bertz CT molecular complexity index is 539. The van der Waals surface area contributed by atoms with Gasteiger partial charge in [0.1, 0.15) is 6.10 Å². The zero-order chi connectivity index (χ0) is 28.8. The number of amides is 1. The molecule has 0 aliphatic heterocycles. The highest BCUT2D eigenvalue weighted by atomic mass is 16.3. The van der Waals surface area contributed by atoms with Crippen molar-refractivity contribution >= 4 is 5.91 Å². The van der Waals surface area contributed by atoms with E-state index in [0.29, 0.717) is 6.42 Å². The largest absolute Gasteiger partial charge is 0.394 e. The van der Waals surface area contributed by atoms with Gasteiger partial charge in [0.25, 0.3) is 0 Å². The number of carbonyl (C=O) groups excluding carboxylic acids is 1. The number of allylic oxidation sites excluding steroid dienone is 1. The minimum Gasteiger partial charge on any atom is -0.394 e. The first kappa shape index (κ1) is 38.1. The molecule has 0 aliphatic rings. The van der Waals surface area contributed by atoms with Crippen molar-refractivity contribution in [3.63, 3.8) is 0 Å². The summed E-state index contributed by atoms with van der Waals surface area (Å²) in [5.41, 5.74) is 0. The Kier molecular flexibility index (Phi) is 29.4. The van der Waals surface area contributed by atoms with Crippen LogP contribution in [0, 0.1) is 0 Å². The van der Waals surface area contributed by atoms with E-state index in [1.807, 2.05) is 6.08 Å². The molecule has 0 bridgehead atoms. The summed E-state index contributed by atoms with van der Waals surface area (Å²) in [5, 5.41) is 32.8. The van der Waals surface area contributed by atoms with Crippen molar-refractivity contribution in [2.24, 2.45) is 0 Å². The molecule has 1 amide bonds. The number of hydrogen-bond donors (Lipinski definition) is 4. The third-order valence-corrected chi connectivity index (χ3v) is 7.88. The van der Waals surface area contributed by atoms with Gasteiger partial charge in [0, 0.05) is 0 Å². The predicted molar refractivity (Wildman–Crippen MR) is 167 cm³/mol. The highest BCUT2D eigenvalue weighted by Crippen LogP contribution is 2.14. The highest BCUT2D eigenvalue weighted by molar-refractivity contribution is 5.80. The van der Waals surface area contributed by atoms with Crippen LogP contribution in [-0.2, 0) is 4.79 Å². The molecule has 3 atom stereocenters. The van der Waals surface area contributed by atoms with E-state index in [9.17, 15) is 20.1 Å². The Morgan fingerprint density at radius 3 is 1.41 bits per heavy atom. The van der Waals surface area contributed by atoms with Crippen molar-refractivity contribution in [1.29, 1.82) is 0 Å². The number of aliphatic hydroxyl groups excluding tert-OH is 3. The van der Waals surface area contributed by atoms with Gasteiger partial charge in [0.15, 0.2) is 0 Å². The summed E-state index contributed by atoms with van der Waals surface area (Å²) in [5.74, 6) is -0.505. The van der Waals surface area contributed by atoms with Crippen LogP contribution >= 0.6 is 0 Å². The lowest BCUT2D eigenvalue weighted by atomic mass is 10.0. The van der Waals surface area contributed by atoms with Crippen LogP contribution in [0.2, 0.25) is 0 Å². The third kappa shape index (κ3) is 25.8. The summed E-state index contributed by atoms with van der Waals surface area (Å²) in [6.07, 6.45) is 32.2. The fourth-order valence-corrected chi connectivity index (χ4v) is 5.12. The molecular formula is C34H67NO4. The van der Waals surface area contributed by atoms with E-state index in [-0.39, 0.29) is 6.61 Å². The second kappa shape index (κ2) is 30.1. The fourth-order valence-electron chi connectivity index (χ4n) is 5.12. The van der Waals surface area contributed by atoms with Crippen LogP contribution in [0.4, 0.5) is 0 Å². The normalized spacial score (nSPS) is 14.1. The first-order chi connectivity index (χ1) is 19.1. The van der Waals surface area contributed by atoms with Crippen molar-refractivity contribution in [2.45, 2.75) is 193 Å². The van der Waals surface area contributed by atoms with Crippen molar-refractivity contribution in [2.75, 3.05) is 6.61 Å². The molecule has 0 rings (SSSR count). The molecule has 0 heterocycles. The maximum Gasteiger partial charge on any atom is 0.249 e. The minimum absolute atomic E-state index is 0.360. The number of unbranched alkanes of at least 4 members (excludes halogenated alkanes) is 22. The van der Waals surface area contributed by atoms with E-state index >= 15 is 0 Å². The zero-order valence-corrected chi connectivity index (χ0v) is 26.0. The fraction of sp³-hybridized carbons (Fsp3) is 0.912. The summed E-state index contributed by atoms with van der Waals surface area (Å²) in [6, 6.07) is -0.789. The first-order valence-electron chi connectivity index (χ1n) is 17.0. The van der Waals surface area contributed by atoms with Crippen LogP contribution < -0.4 is 5.32 Å². The molecule has 0 saturated carbocycles. The maximum atomic E-state index is 12.3. The zero-order valence-electron chi connectivity index (χ0n) is 26.0. The SMILES string of the molecule is CCCCCCCCCCC/C=C/C(O)C(CO)NC(=O)C(O)CCCCCCCCCCCCCCCC. The molecule has 0 spiro atoms. The molecule has 0 radical (unpaired) electrons. The summed E-state index contributed by atoms with van der Waals surface area (Å²) in [4.78, 5) is 12.3. The van der Waals surface area contributed by atoms with Crippen LogP contribution in [0.3, 0.4) is 0 Å².